The zero-order chi connectivity index (χ0) is 9.68. The van der Waals surface area contributed by atoms with Gasteiger partial charge in [-0.3, -0.25) is 10.1 Å². The lowest BCUT2D eigenvalue weighted by Gasteiger charge is -1.91. The molecule has 0 saturated carbocycles. The molecule has 7 heteroatoms. The highest BCUT2D eigenvalue weighted by Crippen LogP contribution is 2.29. The molecule has 0 spiro atoms. The second-order valence-electron chi connectivity index (χ2n) is 2.11. The maximum absolute atomic E-state index is 10.3. The number of rotatable bonds is 5. The molecule has 1 aromatic rings. The molecule has 0 aliphatic heterocycles. The van der Waals surface area contributed by atoms with Gasteiger partial charge in [-0.25, -0.2) is 4.98 Å². The van der Waals surface area contributed by atoms with Gasteiger partial charge in [-0.15, -0.1) is 11.6 Å². The van der Waals surface area contributed by atoms with E-state index in [0.717, 1.165) is 27.9 Å². The van der Waals surface area contributed by atoms with E-state index in [1.54, 1.807) is 0 Å². The average Bonchev–Trinajstić information content (AvgIpc) is 2.53. The molecular formula is C6H7ClN2O2S2. The zero-order valence-electron chi connectivity index (χ0n) is 6.60. The fourth-order valence-electron chi connectivity index (χ4n) is 0.615. The third-order valence-corrected chi connectivity index (χ3v) is 3.62. The molecule has 1 aromatic heterocycles. The summed E-state index contributed by atoms with van der Waals surface area (Å²) in [5, 5.41) is 10.4. The van der Waals surface area contributed by atoms with Crippen molar-refractivity contribution in [1.82, 2.24) is 4.98 Å². The number of thioether (sulfide) groups is 1. The quantitative estimate of drug-likeness (QED) is 0.260. The van der Waals surface area contributed by atoms with Crippen molar-refractivity contribution < 1.29 is 4.92 Å². The highest BCUT2D eigenvalue weighted by atomic mass is 35.5. The van der Waals surface area contributed by atoms with E-state index in [4.69, 9.17) is 11.6 Å². The molecule has 0 atom stereocenters. The van der Waals surface area contributed by atoms with Crippen molar-refractivity contribution in [1.29, 1.82) is 0 Å². The Morgan fingerprint density at radius 1 is 1.77 bits per heavy atom. The van der Waals surface area contributed by atoms with Crippen LogP contribution < -0.4 is 0 Å². The van der Waals surface area contributed by atoms with E-state index < -0.39 is 4.92 Å². The van der Waals surface area contributed by atoms with Crippen molar-refractivity contribution in [2.45, 2.75) is 10.8 Å². The van der Waals surface area contributed by atoms with Crippen molar-refractivity contribution in [3.8, 4) is 0 Å². The van der Waals surface area contributed by atoms with Gasteiger partial charge in [-0.1, -0.05) is 11.8 Å². The Morgan fingerprint density at radius 2 is 2.54 bits per heavy atom. The number of aromatic nitrogens is 1. The van der Waals surface area contributed by atoms with Crippen LogP contribution in [0.25, 0.3) is 0 Å². The summed E-state index contributed by atoms with van der Waals surface area (Å²) >= 11 is 8.09. The third kappa shape index (κ3) is 3.50. The van der Waals surface area contributed by atoms with Crippen LogP contribution in [-0.4, -0.2) is 21.5 Å². The molecule has 0 aliphatic carbocycles. The first-order valence-corrected chi connectivity index (χ1v) is 5.86. The van der Waals surface area contributed by atoms with Gasteiger partial charge in [-0.2, -0.15) is 0 Å². The lowest BCUT2D eigenvalue weighted by atomic mass is 10.6. The molecule has 0 unspecified atom stereocenters. The lowest BCUT2D eigenvalue weighted by molar-refractivity contribution is -0.380. The lowest BCUT2D eigenvalue weighted by Crippen LogP contribution is -1.80. The summed E-state index contributed by atoms with van der Waals surface area (Å²) in [5.41, 5.74) is 0. The predicted molar refractivity (Wildman–Crippen MR) is 54.8 cm³/mol. The number of hydrogen-bond acceptors (Lipinski definition) is 5. The molecule has 1 rings (SSSR count). The number of halogens is 1. The average molecular weight is 239 g/mol. The van der Waals surface area contributed by atoms with Crippen molar-refractivity contribution in [3.63, 3.8) is 0 Å². The molecule has 0 bridgehead atoms. The van der Waals surface area contributed by atoms with Crippen LogP contribution in [0.1, 0.15) is 6.42 Å². The number of hydrogen-bond donors (Lipinski definition) is 0. The van der Waals surface area contributed by atoms with Gasteiger partial charge in [0, 0.05) is 11.6 Å². The van der Waals surface area contributed by atoms with Gasteiger partial charge in [0.2, 0.25) is 0 Å². The van der Waals surface area contributed by atoms with Crippen LogP contribution in [0.5, 0.6) is 0 Å². The summed E-state index contributed by atoms with van der Waals surface area (Å²) < 4.78 is 0.733. The van der Waals surface area contributed by atoms with Gasteiger partial charge in [0.25, 0.3) is 0 Å². The summed E-state index contributed by atoms with van der Waals surface area (Å²) in [6.45, 7) is 0. The van der Waals surface area contributed by atoms with Crippen LogP contribution >= 0.6 is 34.7 Å². The fourth-order valence-corrected chi connectivity index (χ4v) is 2.70. The van der Waals surface area contributed by atoms with Crippen LogP contribution in [0.3, 0.4) is 0 Å². The maximum atomic E-state index is 10.3. The second-order valence-corrected chi connectivity index (χ2v) is 4.84. The fraction of sp³-hybridized carbons (Fsp3) is 0.500. The summed E-state index contributed by atoms with van der Waals surface area (Å²) in [6.07, 6.45) is 2.17. The van der Waals surface area contributed by atoms with Crippen molar-refractivity contribution in [2.75, 3.05) is 11.6 Å². The van der Waals surface area contributed by atoms with Gasteiger partial charge in [0.05, 0.1) is 4.92 Å². The van der Waals surface area contributed by atoms with Crippen molar-refractivity contribution >= 4 is 39.7 Å². The topological polar surface area (TPSA) is 56.0 Å². The van der Waals surface area contributed by atoms with Crippen LogP contribution in [0.2, 0.25) is 0 Å². The SMILES string of the molecule is O=[N+]([O-])c1cnc(SCCCCl)s1. The van der Waals surface area contributed by atoms with Gasteiger partial charge in [0.15, 0.2) is 4.34 Å². The standard InChI is InChI=1S/C6H7ClN2O2S2/c7-2-1-3-12-6-8-4-5(13-6)9(10)11/h4H,1-3H2. The van der Waals surface area contributed by atoms with E-state index in [1.165, 1.54) is 18.0 Å². The zero-order valence-corrected chi connectivity index (χ0v) is 8.99. The molecule has 4 nitrogen and oxygen atoms in total. The Bertz CT molecular complexity index is 292. The van der Waals surface area contributed by atoms with E-state index in [9.17, 15) is 10.1 Å². The van der Waals surface area contributed by atoms with Gasteiger partial charge < -0.3 is 0 Å². The van der Waals surface area contributed by atoms with Gasteiger partial charge >= 0.3 is 5.00 Å². The molecule has 0 N–H and O–H groups in total. The largest absolute Gasteiger partial charge is 0.344 e. The Kier molecular flexibility index (Phi) is 4.47. The van der Waals surface area contributed by atoms with E-state index in [2.05, 4.69) is 4.98 Å². The molecule has 13 heavy (non-hydrogen) atoms. The first-order valence-electron chi connectivity index (χ1n) is 3.53. The summed E-state index contributed by atoms with van der Waals surface area (Å²) in [4.78, 5) is 13.8. The number of thiazole rings is 1. The molecule has 1 heterocycles. The third-order valence-electron chi connectivity index (χ3n) is 1.16. The first-order chi connectivity index (χ1) is 6.24. The minimum atomic E-state index is -0.427. The monoisotopic (exact) mass is 238 g/mol. The Balaban J connectivity index is 2.44. The Labute approximate surface area is 88.5 Å². The molecule has 0 fully saturated rings. The van der Waals surface area contributed by atoms with Crippen molar-refractivity contribution in [2.24, 2.45) is 0 Å². The Morgan fingerprint density at radius 3 is 3.08 bits per heavy atom. The minimum absolute atomic E-state index is 0.0911. The second kappa shape index (κ2) is 5.41. The van der Waals surface area contributed by atoms with Crippen LogP contribution in [0.15, 0.2) is 10.5 Å². The maximum Gasteiger partial charge on any atom is 0.344 e. The molecular weight excluding hydrogens is 232 g/mol. The van der Waals surface area contributed by atoms with Crippen LogP contribution in [0.4, 0.5) is 5.00 Å². The number of nitrogens with zero attached hydrogens (tertiary/aromatic N) is 2. The van der Waals surface area contributed by atoms with E-state index >= 15 is 0 Å². The van der Waals surface area contributed by atoms with E-state index in [-0.39, 0.29) is 5.00 Å². The van der Waals surface area contributed by atoms with Crippen LogP contribution in [0, 0.1) is 10.1 Å². The number of nitro groups is 1. The smallest absolute Gasteiger partial charge is 0.257 e. The molecule has 0 saturated heterocycles. The van der Waals surface area contributed by atoms with Crippen molar-refractivity contribution in [3.05, 3.63) is 16.3 Å². The van der Waals surface area contributed by atoms with E-state index in [1.807, 2.05) is 0 Å². The molecule has 0 aliphatic rings. The summed E-state index contributed by atoms with van der Waals surface area (Å²) in [5.74, 6) is 1.47. The Hall–Kier alpha value is -0.330. The molecule has 0 radical (unpaired) electrons. The minimum Gasteiger partial charge on any atom is -0.257 e. The summed E-state index contributed by atoms with van der Waals surface area (Å²) in [6, 6.07) is 0. The molecule has 0 aromatic carbocycles. The highest BCUT2D eigenvalue weighted by Gasteiger charge is 2.10. The summed E-state index contributed by atoms with van der Waals surface area (Å²) in [7, 11) is 0. The van der Waals surface area contributed by atoms with Crippen LogP contribution in [-0.2, 0) is 0 Å². The van der Waals surface area contributed by atoms with Gasteiger partial charge in [0.1, 0.15) is 6.20 Å². The normalized spacial score (nSPS) is 10.2. The van der Waals surface area contributed by atoms with Gasteiger partial charge in [-0.05, 0) is 17.8 Å². The molecule has 72 valence electrons. The molecule has 0 amide bonds. The first kappa shape index (κ1) is 10.7. The predicted octanol–water partition coefficient (Wildman–Crippen LogP) is 2.77. The highest BCUT2D eigenvalue weighted by molar-refractivity contribution is 8.01. The number of alkyl halides is 1. The van der Waals surface area contributed by atoms with E-state index in [0.29, 0.717) is 5.88 Å².